The van der Waals surface area contributed by atoms with Crippen molar-refractivity contribution < 1.29 is 19.1 Å². The lowest BCUT2D eigenvalue weighted by molar-refractivity contribution is -0.117. The highest BCUT2D eigenvalue weighted by Gasteiger charge is 2.31. The maximum Gasteiger partial charge on any atom is 0.257 e. The summed E-state index contributed by atoms with van der Waals surface area (Å²) in [5.41, 5.74) is 2.39. The van der Waals surface area contributed by atoms with Crippen molar-refractivity contribution in [2.75, 3.05) is 45.7 Å². The molecule has 1 saturated carbocycles. The van der Waals surface area contributed by atoms with Crippen molar-refractivity contribution in [3.05, 3.63) is 59.7 Å². The van der Waals surface area contributed by atoms with Crippen LogP contribution in [0.1, 0.15) is 42.6 Å². The quantitative estimate of drug-likeness (QED) is 0.657. The van der Waals surface area contributed by atoms with Crippen LogP contribution in [0.25, 0.3) is 0 Å². The van der Waals surface area contributed by atoms with E-state index in [2.05, 4.69) is 48.3 Å². The van der Waals surface area contributed by atoms with Crippen molar-refractivity contribution in [3.63, 3.8) is 0 Å². The van der Waals surface area contributed by atoms with Crippen molar-refractivity contribution in [2.45, 2.75) is 45.3 Å². The highest BCUT2D eigenvalue weighted by Crippen LogP contribution is 2.31. The molecule has 36 heavy (non-hydrogen) atoms. The first-order chi connectivity index (χ1) is 17.4. The van der Waals surface area contributed by atoms with Gasteiger partial charge in [-0.05, 0) is 55.9 Å². The van der Waals surface area contributed by atoms with Gasteiger partial charge in [-0.2, -0.15) is 0 Å². The maximum atomic E-state index is 13.5. The SMILES string of the molecule is CO[C@H]1CN(C)C(=O)c2cc(NC(=O)C3CC3)ccc2OC[C@H](C)N(CCc2ccccc2)C[C@@H]1C. The largest absolute Gasteiger partial charge is 0.491 e. The van der Waals surface area contributed by atoms with Crippen LogP contribution in [0.15, 0.2) is 48.5 Å². The van der Waals surface area contributed by atoms with Crippen LogP contribution in [0.2, 0.25) is 0 Å². The molecule has 1 aliphatic carbocycles. The molecule has 1 N–H and O–H groups in total. The predicted molar refractivity (Wildman–Crippen MR) is 141 cm³/mol. The van der Waals surface area contributed by atoms with Gasteiger partial charge in [0.25, 0.3) is 5.91 Å². The predicted octanol–water partition coefficient (Wildman–Crippen LogP) is 4.08. The normalized spacial score (nSPS) is 23.7. The summed E-state index contributed by atoms with van der Waals surface area (Å²) in [6.45, 7) is 7.02. The van der Waals surface area contributed by atoms with Gasteiger partial charge in [0.05, 0.1) is 11.7 Å². The Hall–Kier alpha value is -2.90. The molecule has 2 amide bonds. The van der Waals surface area contributed by atoms with E-state index in [1.807, 2.05) is 12.1 Å². The van der Waals surface area contributed by atoms with Crippen LogP contribution in [0, 0.1) is 11.8 Å². The van der Waals surface area contributed by atoms with E-state index in [1.165, 1.54) is 5.56 Å². The first kappa shape index (κ1) is 26.2. The molecule has 2 aromatic rings. The van der Waals surface area contributed by atoms with Crippen molar-refractivity contribution >= 4 is 17.5 Å². The second kappa shape index (κ2) is 11.9. The number of hydrogen-bond acceptors (Lipinski definition) is 5. The molecule has 0 radical (unpaired) electrons. The van der Waals surface area contributed by atoms with Gasteiger partial charge in [-0.1, -0.05) is 37.3 Å². The molecular weight excluding hydrogens is 454 g/mol. The average molecular weight is 494 g/mol. The Morgan fingerprint density at radius 1 is 1.11 bits per heavy atom. The molecular formula is C29H39N3O4. The second-order valence-electron chi connectivity index (χ2n) is 10.3. The topological polar surface area (TPSA) is 71.1 Å². The fraction of sp³-hybridized carbons (Fsp3) is 0.517. The number of hydrogen-bond donors (Lipinski definition) is 1. The number of benzene rings is 2. The fourth-order valence-corrected chi connectivity index (χ4v) is 4.75. The summed E-state index contributed by atoms with van der Waals surface area (Å²) in [4.78, 5) is 29.9. The molecule has 194 valence electrons. The van der Waals surface area contributed by atoms with Crippen LogP contribution in [0.5, 0.6) is 5.75 Å². The number of carbonyl (C=O) groups excluding carboxylic acids is 2. The molecule has 7 heteroatoms. The summed E-state index contributed by atoms with van der Waals surface area (Å²) in [7, 11) is 3.51. The molecule has 1 fully saturated rings. The molecule has 1 heterocycles. The molecule has 1 aliphatic heterocycles. The average Bonchev–Trinajstić information content (AvgIpc) is 3.74. The van der Waals surface area contributed by atoms with Crippen LogP contribution >= 0.6 is 0 Å². The Morgan fingerprint density at radius 3 is 2.56 bits per heavy atom. The number of methoxy groups -OCH3 is 1. The smallest absolute Gasteiger partial charge is 0.257 e. The number of fused-ring (bicyclic) bond motifs is 1. The van der Waals surface area contributed by atoms with Crippen LogP contribution < -0.4 is 10.1 Å². The number of likely N-dealkylation sites (N-methyl/N-ethyl adjacent to an activating group) is 1. The molecule has 0 unspecified atom stereocenters. The van der Waals surface area contributed by atoms with Crippen LogP contribution in [0.3, 0.4) is 0 Å². The van der Waals surface area contributed by atoms with E-state index in [0.717, 1.165) is 32.4 Å². The maximum absolute atomic E-state index is 13.5. The van der Waals surface area contributed by atoms with Gasteiger partial charge in [0, 0.05) is 51.4 Å². The number of anilines is 1. The van der Waals surface area contributed by atoms with Crippen LogP contribution in [0.4, 0.5) is 5.69 Å². The zero-order valence-electron chi connectivity index (χ0n) is 21.9. The third-order valence-electron chi connectivity index (χ3n) is 7.32. The summed E-state index contributed by atoms with van der Waals surface area (Å²) < 4.78 is 12.1. The summed E-state index contributed by atoms with van der Waals surface area (Å²) in [6.07, 6.45) is 2.70. The van der Waals surface area contributed by atoms with Gasteiger partial charge in [0.15, 0.2) is 0 Å². The first-order valence-corrected chi connectivity index (χ1v) is 13.0. The van der Waals surface area contributed by atoms with E-state index in [0.29, 0.717) is 30.2 Å². The lowest BCUT2D eigenvalue weighted by Crippen LogP contribution is -2.47. The van der Waals surface area contributed by atoms with Crippen molar-refractivity contribution in [1.82, 2.24) is 9.80 Å². The van der Waals surface area contributed by atoms with E-state index in [9.17, 15) is 9.59 Å². The fourth-order valence-electron chi connectivity index (χ4n) is 4.75. The third kappa shape index (κ3) is 6.65. The van der Waals surface area contributed by atoms with Crippen LogP contribution in [-0.4, -0.2) is 74.2 Å². The zero-order valence-corrected chi connectivity index (χ0v) is 21.9. The zero-order chi connectivity index (χ0) is 25.7. The molecule has 4 rings (SSSR count). The van der Waals surface area contributed by atoms with Gasteiger partial charge in [0.2, 0.25) is 5.91 Å². The summed E-state index contributed by atoms with van der Waals surface area (Å²) in [5, 5.41) is 2.95. The molecule has 0 spiro atoms. The molecule has 0 bridgehead atoms. The van der Waals surface area contributed by atoms with Gasteiger partial charge in [-0.25, -0.2) is 0 Å². The Balaban J connectivity index is 1.57. The van der Waals surface area contributed by atoms with Gasteiger partial charge >= 0.3 is 0 Å². The molecule has 0 aromatic heterocycles. The van der Waals surface area contributed by atoms with E-state index in [-0.39, 0.29) is 35.8 Å². The highest BCUT2D eigenvalue weighted by molar-refractivity contribution is 6.00. The first-order valence-electron chi connectivity index (χ1n) is 13.0. The number of ether oxygens (including phenoxy) is 2. The Labute approximate surface area is 214 Å². The Bertz CT molecular complexity index is 1040. The summed E-state index contributed by atoms with van der Waals surface area (Å²) in [5.74, 6) is 0.712. The lowest BCUT2D eigenvalue weighted by Gasteiger charge is -2.36. The van der Waals surface area contributed by atoms with Gasteiger partial charge in [-0.3, -0.25) is 14.5 Å². The lowest BCUT2D eigenvalue weighted by atomic mass is 10.0. The van der Waals surface area contributed by atoms with E-state index >= 15 is 0 Å². The summed E-state index contributed by atoms with van der Waals surface area (Å²) in [6, 6.07) is 16.0. The van der Waals surface area contributed by atoms with Crippen LogP contribution in [-0.2, 0) is 16.0 Å². The van der Waals surface area contributed by atoms with Crippen molar-refractivity contribution in [3.8, 4) is 5.75 Å². The molecule has 3 atom stereocenters. The van der Waals surface area contributed by atoms with E-state index < -0.39 is 0 Å². The second-order valence-corrected chi connectivity index (χ2v) is 10.3. The number of nitrogens with zero attached hydrogens (tertiary/aromatic N) is 2. The van der Waals surface area contributed by atoms with E-state index in [1.54, 1.807) is 31.2 Å². The molecule has 2 aliphatic rings. The van der Waals surface area contributed by atoms with Gasteiger partial charge < -0.3 is 19.7 Å². The Morgan fingerprint density at radius 2 is 1.86 bits per heavy atom. The van der Waals surface area contributed by atoms with Crippen molar-refractivity contribution in [2.24, 2.45) is 11.8 Å². The number of rotatable bonds is 6. The minimum atomic E-state index is -0.143. The number of nitrogens with one attached hydrogen (secondary N) is 1. The molecule has 0 saturated heterocycles. The third-order valence-corrected chi connectivity index (χ3v) is 7.32. The van der Waals surface area contributed by atoms with E-state index in [4.69, 9.17) is 9.47 Å². The Kier molecular flexibility index (Phi) is 8.64. The van der Waals surface area contributed by atoms with Crippen molar-refractivity contribution in [1.29, 1.82) is 0 Å². The summed E-state index contributed by atoms with van der Waals surface area (Å²) >= 11 is 0. The van der Waals surface area contributed by atoms with Gasteiger partial charge in [-0.15, -0.1) is 0 Å². The van der Waals surface area contributed by atoms with Gasteiger partial charge in [0.1, 0.15) is 12.4 Å². The molecule has 2 aromatic carbocycles. The highest BCUT2D eigenvalue weighted by atomic mass is 16.5. The minimum Gasteiger partial charge on any atom is -0.491 e. The number of carbonyl (C=O) groups is 2. The standard InChI is InChI=1S/C29H39N3O4/c1-20-17-32(15-14-22-8-6-5-7-9-22)21(2)19-36-26-13-12-24(30-28(33)23-10-11-23)16-25(26)29(34)31(3)18-27(20)35-4/h5-9,12-13,16,20-21,23,27H,10-11,14-15,17-19H2,1-4H3,(H,30,33)/t20-,21-,27-/m0/s1. The minimum absolute atomic E-state index is 0.0146. The molecule has 7 nitrogen and oxygen atoms in total. The monoisotopic (exact) mass is 493 g/mol. The number of amides is 2.